The van der Waals surface area contributed by atoms with E-state index in [0.29, 0.717) is 13.1 Å². The Labute approximate surface area is 179 Å². The molecule has 0 unspecified atom stereocenters. The van der Waals surface area contributed by atoms with E-state index >= 15 is 0 Å². The summed E-state index contributed by atoms with van der Waals surface area (Å²) in [5, 5.41) is 5.01. The van der Waals surface area contributed by atoms with Crippen LogP contribution in [0.2, 0.25) is 0 Å². The second-order valence-electron chi connectivity index (χ2n) is 8.72. The molecule has 3 heterocycles. The zero-order valence-corrected chi connectivity index (χ0v) is 19.0. The quantitative estimate of drug-likeness (QED) is 0.449. The molecule has 0 saturated carbocycles. The second kappa shape index (κ2) is 9.47. The number of rotatable bonds is 7. The Morgan fingerprint density at radius 2 is 2.00 bits per heavy atom. The monoisotopic (exact) mass is 445 g/mol. The lowest BCUT2D eigenvalue weighted by molar-refractivity contribution is -0.163. The molecule has 3 saturated heterocycles. The van der Waals surface area contributed by atoms with Crippen molar-refractivity contribution in [3.8, 4) is 0 Å². The standard InChI is InChI=1S/C19H35N5O5S/c1-15(2)30(27,28)24-13-16(19(14-24)18(26)21-6-12-29-19)17(25)20-5-4-7-23-10-8-22(3)9-11-23/h15-16H,4-14H2,1-3H3,(H,20,25)(H,21,26)/t16-,19-/m1/s1. The zero-order valence-electron chi connectivity index (χ0n) is 18.2. The molecular weight excluding hydrogens is 410 g/mol. The molecule has 172 valence electrons. The van der Waals surface area contributed by atoms with Crippen molar-refractivity contribution < 1.29 is 22.7 Å². The van der Waals surface area contributed by atoms with Gasteiger partial charge in [0.2, 0.25) is 15.9 Å². The van der Waals surface area contributed by atoms with E-state index in [1.807, 2.05) is 0 Å². The van der Waals surface area contributed by atoms with Crippen molar-refractivity contribution in [2.45, 2.75) is 31.1 Å². The number of morpholine rings is 1. The normalized spacial score (nSPS) is 29.5. The summed E-state index contributed by atoms with van der Waals surface area (Å²) in [6, 6.07) is 0. The number of nitrogens with zero attached hydrogens (tertiary/aromatic N) is 3. The Hall–Kier alpha value is -1.27. The molecule has 0 aliphatic carbocycles. The van der Waals surface area contributed by atoms with Gasteiger partial charge in [-0.3, -0.25) is 9.59 Å². The predicted molar refractivity (Wildman–Crippen MR) is 112 cm³/mol. The number of carbonyl (C=O) groups is 2. The van der Waals surface area contributed by atoms with Crippen LogP contribution in [0.3, 0.4) is 0 Å². The minimum absolute atomic E-state index is 0.0434. The first-order valence-corrected chi connectivity index (χ1v) is 12.3. The topological polar surface area (TPSA) is 111 Å². The van der Waals surface area contributed by atoms with E-state index in [4.69, 9.17) is 4.74 Å². The Bertz CT molecular complexity index is 738. The number of carbonyl (C=O) groups excluding carboxylic acids is 2. The van der Waals surface area contributed by atoms with Crippen LogP contribution in [0.1, 0.15) is 20.3 Å². The van der Waals surface area contributed by atoms with Crippen LogP contribution in [0.4, 0.5) is 0 Å². The van der Waals surface area contributed by atoms with Crippen LogP contribution in [0.25, 0.3) is 0 Å². The molecule has 0 bridgehead atoms. The number of hydrogen-bond donors (Lipinski definition) is 2. The minimum atomic E-state index is -3.60. The number of amides is 2. The van der Waals surface area contributed by atoms with Crippen LogP contribution < -0.4 is 10.6 Å². The molecule has 2 N–H and O–H groups in total. The predicted octanol–water partition coefficient (Wildman–Crippen LogP) is -1.70. The van der Waals surface area contributed by atoms with Crippen LogP contribution in [-0.4, -0.2) is 118 Å². The van der Waals surface area contributed by atoms with Gasteiger partial charge in [0.25, 0.3) is 5.91 Å². The molecule has 11 heteroatoms. The van der Waals surface area contributed by atoms with Gasteiger partial charge >= 0.3 is 0 Å². The molecule has 30 heavy (non-hydrogen) atoms. The highest BCUT2D eigenvalue weighted by molar-refractivity contribution is 7.89. The Kier molecular flexibility index (Phi) is 7.39. The molecule has 2 atom stereocenters. The lowest BCUT2D eigenvalue weighted by Crippen LogP contribution is -2.62. The molecule has 0 radical (unpaired) electrons. The van der Waals surface area contributed by atoms with Gasteiger partial charge in [0, 0.05) is 45.8 Å². The summed E-state index contributed by atoms with van der Waals surface area (Å²) in [4.78, 5) is 30.3. The number of sulfonamides is 1. The van der Waals surface area contributed by atoms with E-state index in [9.17, 15) is 18.0 Å². The van der Waals surface area contributed by atoms with Gasteiger partial charge in [0.15, 0.2) is 5.60 Å². The van der Waals surface area contributed by atoms with E-state index in [1.54, 1.807) is 13.8 Å². The number of ether oxygens (including phenoxy) is 1. The SMILES string of the molecule is CC(C)S(=O)(=O)N1C[C@H](C(=O)NCCCN2CCN(C)CC2)[C@@]2(C1)OCCNC2=O. The second-order valence-corrected chi connectivity index (χ2v) is 11.2. The maximum absolute atomic E-state index is 13.0. The third-order valence-corrected chi connectivity index (χ3v) is 8.50. The fourth-order valence-electron chi connectivity index (χ4n) is 4.27. The smallest absolute Gasteiger partial charge is 0.254 e. The van der Waals surface area contributed by atoms with Crippen LogP contribution in [0.15, 0.2) is 0 Å². The van der Waals surface area contributed by atoms with E-state index in [1.165, 1.54) is 4.31 Å². The fourth-order valence-corrected chi connectivity index (χ4v) is 5.60. The zero-order chi connectivity index (χ0) is 21.9. The molecule has 0 aromatic heterocycles. The summed E-state index contributed by atoms with van der Waals surface area (Å²) in [6.07, 6.45) is 0.802. The fraction of sp³-hybridized carbons (Fsp3) is 0.895. The molecule has 3 fully saturated rings. The van der Waals surface area contributed by atoms with E-state index in [2.05, 4.69) is 27.5 Å². The van der Waals surface area contributed by atoms with Gasteiger partial charge in [-0.05, 0) is 33.9 Å². The first-order chi connectivity index (χ1) is 14.2. The highest BCUT2D eigenvalue weighted by atomic mass is 32.2. The van der Waals surface area contributed by atoms with Crippen LogP contribution in [0.5, 0.6) is 0 Å². The molecule has 0 aromatic rings. The van der Waals surface area contributed by atoms with Crippen molar-refractivity contribution in [2.75, 3.05) is 72.6 Å². The number of hydrogen-bond acceptors (Lipinski definition) is 7. The Balaban J connectivity index is 1.61. The summed E-state index contributed by atoms with van der Waals surface area (Å²) >= 11 is 0. The van der Waals surface area contributed by atoms with Crippen molar-refractivity contribution in [1.82, 2.24) is 24.7 Å². The highest BCUT2D eigenvalue weighted by Crippen LogP contribution is 2.35. The van der Waals surface area contributed by atoms with Crippen LogP contribution in [-0.2, 0) is 24.3 Å². The van der Waals surface area contributed by atoms with Crippen molar-refractivity contribution >= 4 is 21.8 Å². The average molecular weight is 446 g/mol. The van der Waals surface area contributed by atoms with Gasteiger partial charge in [-0.1, -0.05) is 0 Å². The van der Waals surface area contributed by atoms with E-state index in [-0.39, 0.29) is 25.6 Å². The highest BCUT2D eigenvalue weighted by Gasteiger charge is 2.59. The van der Waals surface area contributed by atoms with E-state index < -0.39 is 32.7 Å². The Morgan fingerprint density at radius 1 is 1.30 bits per heavy atom. The summed E-state index contributed by atoms with van der Waals surface area (Å²) < 4.78 is 32.4. The molecule has 3 aliphatic heterocycles. The molecule has 1 spiro atoms. The summed E-state index contributed by atoms with van der Waals surface area (Å²) in [5.74, 6) is -1.60. The number of nitrogens with one attached hydrogen (secondary N) is 2. The third-order valence-electron chi connectivity index (χ3n) is 6.31. The maximum Gasteiger partial charge on any atom is 0.254 e. The summed E-state index contributed by atoms with van der Waals surface area (Å²) in [7, 11) is -1.49. The third kappa shape index (κ3) is 4.80. The van der Waals surface area contributed by atoms with Crippen molar-refractivity contribution in [3.05, 3.63) is 0 Å². The van der Waals surface area contributed by atoms with Crippen LogP contribution in [0, 0.1) is 5.92 Å². The minimum Gasteiger partial charge on any atom is -0.361 e. The van der Waals surface area contributed by atoms with Gasteiger partial charge in [0.1, 0.15) is 0 Å². The largest absolute Gasteiger partial charge is 0.361 e. The van der Waals surface area contributed by atoms with Gasteiger partial charge in [-0.15, -0.1) is 0 Å². The van der Waals surface area contributed by atoms with Crippen molar-refractivity contribution in [1.29, 1.82) is 0 Å². The molecule has 2 amide bonds. The van der Waals surface area contributed by atoms with E-state index in [0.717, 1.165) is 39.1 Å². The molecule has 10 nitrogen and oxygen atoms in total. The van der Waals surface area contributed by atoms with Gasteiger partial charge in [-0.25, -0.2) is 8.42 Å². The lowest BCUT2D eigenvalue weighted by atomic mass is 9.87. The van der Waals surface area contributed by atoms with Gasteiger partial charge < -0.3 is 25.2 Å². The van der Waals surface area contributed by atoms with Crippen molar-refractivity contribution in [3.63, 3.8) is 0 Å². The number of piperazine rings is 1. The average Bonchev–Trinajstić information content (AvgIpc) is 3.10. The van der Waals surface area contributed by atoms with Gasteiger partial charge in [0.05, 0.1) is 24.3 Å². The molecular formula is C19H35N5O5S. The maximum atomic E-state index is 13.0. The van der Waals surface area contributed by atoms with Crippen molar-refractivity contribution in [2.24, 2.45) is 5.92 Å². The first-order valence-electron chi connectivity index (χ1n) is 10.8. The lowest BCUT2D eigenvalue weighted by Gasteiger charge is -2.36. The molecule has 3 aliphatic rings. The Morgan fingerprint density at radius 3 is 2.63 bits per heavy atom. The molecule has 0 aromatic carbocycles. The number of likely N-dealkylation sites (N-methyl/N-ethyl adjacent to an activating group) is 1. The van der Waals surface area contributed by atoms with Gasteiger partial charge in [-0.2, -0.15) is 4.31 Å². The molecule has 3 rings (SSSR count). The van der Waals surface area contributed by atoms with Crippen LogP contribution >= 0.6 is 0 Å². The summed E-state index contributed by atoms with van der Waals surface area (Å²) in [6.45, 7) is 9.14. The first kappa shape index (κ1) is 23.4. The summed E-state index contributed by atoms with van der Waals surface area (Å²) in [5.41, 5.74) is -1.46.